The van der Waals surface area contributed by atoms with Crippen LogP contribution in [0.4, 0.5) is 10.1 Å². The number of hydrogen-bond acceptors (Lipinski definition) is 7. The number of nitrogens with one attached hydrogen (secondary N) is 4. The van der Waals surface area contributed by atoms with Crippen molar-refractivity contribution in [3.63, 3.8) is 0 Å². The van der Waals surface area contributed by atoms with Gasteiger partial charge in [-0.3, -0.25) is 19.6 Å². The van der Waals surface area contributed by atoms with Crippen molar-refractivity contribution in [2.45, 2.75) is 0 Å². The van der Waals surface area contributed by atoms with E-state index in [0.29, 0.717) is 39.0 Å². The number of rotatable bonds is 4. The van der Waals surface area contributed by atoms with Gasteiger partial charge in [-0.2, -0.15) is 0 Å². The second-order valence-electron chi connectivity index (χ2n) is 10.3. The van der Waals surface area contributed by atoms with Gasteiger partial charge in [0.1, 0.15) is 17.1 Å². The molecule has 2 aromatic carbocycles. The molecule has 6 N–H and O–H groups in total. The molecule has 0 atom stereocenters. The van der Waals surface area contributed by atoms with E-state index >= 15 is 0 Å². The van der Waals surface area contributed by atoms with E-state index in [0.717, 1.165) is 33.8 Å². The second-order valence-corrected chi connectivity index (χ2v) is 10.3. The Morgan fingerprint density at radius 3 is 1.59 bits per heavy atom. The monoisotopic (exact) mass is 609 g/mol. The molecule has 0 fully saturated rings. The first kappa shape index (κ1) is 28.1. The fourth-order valence-electron chi connectivity index (χ4n) is 5.07. The molecule has 8 rings (SSSR count). The van der Waals surface area contributed by atoms with E-state index in [2.05, 4.69) is 39.9 Å². The second kappa shape index (κ2) is 11.8. The number of aromatic nitrogens is 8. The summed E-state index contributed by atoms with van der Waals surface area (Å²) in [5.41, 5.74) is 13.7. The van der Waals surface area contributed by atoms with E-state index < -0.39 is 0 Å². The molecule has 11 nitrogen and oxygen atoms in total. The van der Waals surface area contributed by atoms with Crippen molar-refractivity contribution in [2.75, 3.05) is 5.73 Å². The predicted octanol–water partition coefficient (Wildman–Crippen LogP) is 5.68. The highest BCUT2D eigenvalue weighted by Crippen LogP contribution is 2.27. The van der Waals surface area contributed by atoms with E-state index in [9.17, 15) is 14.0 Å². The van der Waals surface area contributed by atoms with Crippen LogP contribution in [0, 0.1) is 5.82 Å². The van der Waals surface area contributed by atoms with Crippen molar-refractivity contribution >= 4 is 27.8 Å². The van der Waals surface area contributed by atoms with Crippen LogP contribution < -0.4 is 16.9 Å². The maximum atomic E-state index is 13.4. The number of halogens is 1. The average molecular weight is 610 g/mol. The van der Waals surface area contributed by atoms with Gasteiger partial charge in [-0.05, 0) is 60.7 Å². The molecule has 0 aliphatic rings. The highest BCUT2D eigenvalue weighted by molar-refractivity contribution is 5.84. The Labute approximate surface area is 259 Å². The van der Waals surface area contributed by atoms with E-state index in [1.54, 1.807) is 36.7 Å². The number of nitrogens with two attached hydrogens (primary N) is 1. The number of pyridine rings is 2. The number of anilines is 1. The van der Waals surface area contributed by atoms with Gasteiger partial charge in [-0.1, -0.05) is 24.3 Å². The SMILES string of the molecule is Nc1cccc(-c2cc(-c3cc4c(=O)[nH]cnc4[nH]3)ccn2)c1.O=c1[nH]cnc2[nH]c(-c3ccnc(-c4cccc(F)c4)c3)cc12. The minimum atomic E-state index is -0.309. The molecule has 0 unspecified atom stereocenters. The quantitative estimate of drug-likeness (QED) is 0.159. The summed E-state index contributed by atoms with van der Waals surface area (Å²) in [7, 11) is 0. The molecule has 224 valence electrons. The number of nitrogens with zero attached hydrogens (tertiary/aromatic N) is 4. The van der Waals surface area contributed by atoms with Crippen LogP contribution in [0.3, 0.4) is 0 Å². The Morgan fingerprint density at radius 2 is 1.09 bits per heavy atom. The van der Waals surface area contributed by atoms with Crippen LogP contribution in [0.15, 0.2) is 120 Å². The number of aromatic amines is 4. The number of benzene rings is 2. The summed E-state index contributed by atoms with van der Waals surface area (Å²) in [5.74, 6) is -0.309. The fraction of sp³-hybridized carbons (Fsp3) is 0. The third-order valence-corrected chi connectivity index (χ3v) is 7.31. The lowest BCUT2D eigenvalue weighted by molar-refractivity contribution is 0.628. The summed E-state index contributed by atoms with van der Waals surface area (Å²) in [6.07, 6.45) is 6.13. The standard InChI is InChI=1S/C17H11FN4O.C17H13N5O/c2*18-12-3-1-2-10(6-12)14-7-11(4-5-19-14)15-8-13-16(22-15)20-9-21-17(13)23/h1-9H,(H2,20,21,22,23);1-9H,18H2,(H2,20,21,22,23). The number of fused-ring (bicyclic) bond motifs is 2. The Hall–Kier alpha value is -6.69. The van der Waals surface area contributed by atoms with Crippen molar-refractivity contribution in [2.24, 2.45) is 0 Å². The average Bonchev–Trinajstić information content (AvgIpc) is 3.72. The molecule has 0 aliphatic carbocycles. The first-order chi connectivity index (χ1) is 22.4. The molecule has 46 heavy (non-hydrogen) atoms. The summed E-state index contributed by atoms with van der Waals surface area (Å²) >= 11 is 0. The molecule has 0 saturated carbocycles. The van der Waals surface area contributed by atoms with Crippen LogP contribution in [0.25, 0.3) is 67.1 Å². The van der Waals surface area contributed by atoms with Crippen LogP contribution in [-0.4, -0.2) is 39.9 Å². The van der Waals surface area contributed by atoms with Gasteiger partial charge in [0.2, 0.25) is 0 Å². The highest BCUT2D eigenvalue weighted by Gasteiger charge is 2.10. The van der Waals surface area contributed by atoms with Crippen molar-refractivity contribution in [3.8, 4) is 45.0 Å². The molecule has 6 aromatic heterocycles. The Morgan fingerprint density at radius 1 is 0.565 bits per heavy atom. The number of hydrogen-bond donors (Lipinski definition) is 5. The zero-order chi connectivity index (χ0) is 31.6. The van der Waals surface area contributed by atoms with Crippen LogP contribution in [0.2, 0.25) is 0 Å². The van der Waals surface area contributed by atoms with E-state index in [1.807, 2.05) is 48.5 Å². The largest absolute Gasteiger partial charge is 0.399 e. The molecule has 8 aromatic rings. The van der Waals surface area contributed by atoms with Gasteiger partial charge in [-0.25, -0.2) is 14.4 Å². The topological polar surface area (TPSA) is 175 Å². The van der Waals surface area contributed by atoms with Gasteiger partial charge in [0, 0.05) is 51.7 Å². The van der Waals surface area contributed by atoms with Gasteiger partial charge in [0.05, 0.1) is 34.8 Å². The zero-order valence-electron chi connectivity index (χ0n) is 24.0. The molecular formula is C34H24FN9O2. The Balaban J connectivity index is 0.000000147. The van der Waals surface area contributed by atoms with Gasteiger partial charge in [0.15, 0.2) is 0 Å². The lowest BCUT2D eigenvalue weighted by Gasteiger charge is -2.04. The lowest BCUT2D eigenvalue weighted by atomic mass is 10.1. The Kier molecular flexibility index (Phi) is 7.19. The molecule has 0 aliphatic heterocycles. The van der Waals surface area contributed by atoms with Gasteiger partial charge in [-0.15, -0.1) is 0 Å². The third-order valence-electron chi connectivity index (χ3n) is 7.31. The molecule has 0 radical (unpaired) electrons. The van der Waals surface area contributed by atoms with E-state index in [-0.39, 0.29) is 16.9 Å². The van der Waals surface area contributed by atoms with Crippen molar-refractivity contribution in [3.05, 3.63) is 137 Å². The van der Waals surface area contributed by atoms with E-state index in [1.165, 1.54) is 24.8 Å². The van der Waals surface area contributed by atoms with Gasteiger partial charge in [0.25, 0.3) is 11.1 Å². The summed E-state index contributed by atoms with van der Waals surface area (Å²) in [4.78, 5) is 51.9. The Bertz CT molecular complexity index is 2310. The van der Waals surface area contributed by atoms with Crippen molar-refractivity contribution < 1.29 is 4.39 Å². The summed E-state index contributed by atoms with van der Waals surface area (Å²) in [6, 6.07) is 24.9. The first-order valence-corrected chi connectivity index (χ1v) is 14.1. The minimum Gasteiger partial charge on any atom is -0.399 e. The van der Waals surface area contributed by atoms with Gasteiger partial charge >= 0.3 is 0 Å². The first-order valence-electron chi connectivity index (χ1n) is 14.1. The van der Waals surface area contributed by atoms with Crippen molar-refractivity contribution in [1.82, 2.24) is 39.9 Å². The van der Waals surface area contributed by atoms with Gasteiger partial charge < -0.3 is 25.7 Å². The summed E-state index contributed by atoms with van der Waals surface area (Å²) < 4.78 is 13.4. The zero-order valence-corrected chi connectivity index (χ0v) is 24.0. The van der Waals surface area contributed by atoms with Crippen LogP contribution >= 0.6 is 0 Å². The predicted molar refractivity (Wildman–Crippen MR) is 175 cm³/mol. The maximum absolute atomic E-state index is 13.4. The number of nitrogen functional groups attached to an aromatic ring is 1. The molecular weight excluding hydrogens is 585 g/mol. The maximum Gasteiger partial charge on any atom is 0.260 e. The molecule has 0 spiro atoms. The molecule has 6 heterocycles. The normalized spacial score (nSPS) is 11.0. The highest BCUT2D eigenvalue weighted by atomic mass is 19.1. The molecule has 0 amide bonds. The minimum absolute atomic E-state index is 0.164. The molecule has 0 bridgehead atoms. The fourth-order valence-corrected chi connectivity index (χ4v) is 5.07. The summed E-state index contributed by atoms with van der Waals surface area (Å²) in [6.45, 7) is 0. The van der Waals surface area contributed by atoms with Crippen LogP contribution in [0.5, 0.6) is 0 Å². The van der Waals surface area contributed by atoms with E-state index in [4.69, 9.17) is 5.73 Å². The number of H-pyrrole nitrogens is 4. The van der Waals surface area contributed by atoms with Crippen LogP contribution in [-0.2, 0) is 0 Å². The third kappa shape index (κ3) is 5.65. The lowest BCUT2D eigenvalue weighted by Crippen LogP contribution is -2.04. The summed E-state index contributed by atoms with van der Waals surface area (Å²) in [5, 5.41) is 1.02. The molecule has 0 saturated heterocycles. The van der Waals surface area contributed by atoms with Crippen LogP contribution in [0.1, 0.15) is 0 Å². The smallest absolute Gasteiger partial charge is 0.260 e. The van der Waals surface area contributed by atoms with Crippen molar-refractivity contribution in [1.29, 1.82) is 0 Å². The molecule has 12 heteroatoms.